The zero-order valence-corrected chi connectivity index (χ0v) is 30.2. The number of para-hydroxylation sites is 1. The SMILES string of the molecule is c1ccc(-c2ccc(-n3c4ccccc4c4cc(-c5ccc(N(c6ccc7c(c6)-c6ccccc6C7)c6cccc7ccccc67)cc5)ccc43)cc2)cc1. The summed E-state index contributed by atoms with van der Waals surface area (Å²) in [5.41, 5.74) is 17.3. The summed E-state index contributed by atoms with van der Waals surface area (Å²) in [6.45, 7) is 0. The summed E-state index contributed by atoms with van der Waals surface area (Å²) < 4.78 is 2.39. The van der Waals surface area contributed by atoms with Crippen molar-refractivity contribution in [3.8, 4) is 39.1 Å². The van der Waals surface area contributed by atoms with Crippen molar-refractivity contribution in [2.75, 3.05) is 4.90 Å². The van der Waals surface area contributed by atoms with Gasteiger partial charge in [0.2, 0.25) is 0 Å². The minimum absolute atomic E-state index is 0.984. The van der Waals surface area contributed by atoms with E-state index in [1.807, 2.05) is 0 Å². The van der Waals surface area contributed by atoms with Crippen LogP contribution in [0.3, 0.4) is 0 Å². The highest BCUT2D eigenvalue weighted by Crippen LogP contribution is 2.44. The van der Waals surface area contributed by atoms with Crippen molar-refractivity contribution < 1.29 is 0 Å². The molecule has 0 amide bonds. The fraction of sp³-hybridized carbons (Fsp3) is 0.0189. The van der Waals surface area contributed by atoms with E-state index in [4.69, 9.17) is 0 Å². The summed E-state index contributed by atoms with van der Waals surface area (Å²) in [6, 6.07) is 75.4. The predicted molar refractivity (Wildman–Crippen MR) is 232 cm³/mol. The zero-order chi connectivity index (χ0) is 36.3. The fourth-order valence-corrected chi connectivity index (χ4v) is 8.75. The lowest BCUT2D eigenvalue weighted by molar-refractivity contribution is 1.18. The van der Waals surface area contributed by atoms with Crippen molar-refractivity contribution in [1.82, 2.24) is 4.57 Å². The molecule has 1 heterocycles. The first kappa shape index (κ1) is 31.4. The fourth-order valence-electron chi connectivity index (χ4n) is 8.75. The highest BCUT2D eigenvalue weighted by Gasteiger charge is 2.22. The van der Waals surface area contributed by atoms with Gasteiger partial charge in [-0.2, -0.15) is 0 Å². The Morgan fingerprint density at radius 2 is 0.982 bits per heavy atom. The van der Waals surface area contributed by atoms with Crippen LogP contribution in [0.5, 0.6) is 0 Å². The maximum atomic E-state index is 2.42. The second-order valence-corrected chi connectivity index (χ2v) is 14.6. The summed E-state index contributed by atoms with van der Waals surface area (Å²) in [7, 11) is 0. The Hall–Kier alpha value is -7.16. The van der Waals surface area contributed by atoms with Crippen LogP contribution in [0.2, 0.25) is 0 Å². The first-order valence-corrected chi connectivity index (χ1v) is 19.1. The van der Waals surface area contributed by atoms with Gasteiger partial charge in [-0.15, -0.1) is 0 Å². The van der Waals surface area contributed by atoms with E-state index in [1.165, 1.54) is 82.8 Å². The van der Waals surface area contributed by atoms with E-state index in [-0.39, 0.29) is 0 Å². The molecule has 10 aromatic rings. The minimum Gasteiger partial charge on any atom is -0.310 e. The van der Waals surface area contributed by atoms with Gasteiger partial charge in [0.15, 0.2) is 0 Å². The molecule has 258 valence electrons. The maximum Gasteiger partial charge on any atom is 0.0541 e. The number of anilines is 3. The van der Waals surface area contributed by atoms with Crippen LogP contribution >= 0.6 is 0 Å². The lowest BCUT2D eigenvalue weighted by atomic mass is 10.0. The van der Waals surface area contributed by atoms with Crippen molar-refractivity contribution in [1.29, 1.82) is 0 Å². The van der Waals surface area contributed by atoms with Crippen molar-refractivity contribution in [2.24, 2.45) is 0 Å². The molecule has 0 atom stereocenters. The van der Waals surface area contributed by atoms with Crippen LogP contribution in [-0.2, 0) is 6.42 Å². The Labute approximate surface area is 320 Å². The Morgan fingerprint density at radius 3 is 1.85 bits per heavy atom. The molecule has 1 aliphatic carbocycles. The molecule has 9 aromatic carbocycles. The Morgan fingerprint density at radius 1 is 0.364 bits per heavy atom. The molecule has 0 unspecified atom stereocenters. The van der Waals surface area contributed by atoms with E-state index in [0.29, 0.717) is 0 Å². The monoisotopic (exact) mass is 700 g/mol. The summed E-state index contributed by atoms with van der Waals surface area (Å²) in [5.74, 6) is 0. The molecule has 0 N–H and O–H groups in total. The van der Waals surface area contributed by atoms with Crippen LogP contribution in [0, 0.1) is 0 Å². The third kappa shape index (κ3) is 5.26. The molecular weight excluding hydrogens is 665 g/mol. The second-order valence-electron chi connectivity index (χ2n) is 14.6. The first-order valence-electron chi connectivity index (χ1n) is 19.1. The average molecular weight is 701 g/mol. The van der Waals surface area contributed by atoms with Crippen LogP contribution in [0.1, 0.15) is 11.1 Å². The lowest BCUT2D eigenvalue weighted by Gasteiger charge is -2.27. The van der Waals surface area contributed by atoms with E-state index in [9.17, 15) is 0 Å². The van der Waals surface area contributed by atoms with Gasteiger partial charge in [0.25, 0.3) is 0 Å². The number of rotatable bonds is 6. The van der Waals surface area contributed by atoms with E-state index in [1.54, 1.807) is 0 Å². The van der Waals surface area contributed by atoms with E-state index < -0.39 is 0 Å². The molecule has 0 spiro atoms. The van der Waals surface area contributed by atoms with E-state index >= 15 is 0 Å². The predicted octanol–water partition coefficient (Wildman–Crippen LogP) is 14.3. The van der Waals surface area contributed by atoms with Crippen molar-refractivity contribution >= 4 is 49.6 Å². The largest absolute Gasteiger partial charge is 0.310 e. The summed E-state index contributed by atoms with van der Waals surface area (Å²) in [4.78, 5) is 2.42. The van der Waals surface area contributed by atoms with Crippen LogP contribution in [0.4, 0.5) is 17.1 Å². The molecule has 11 rings (SSSR count). The highest BCUT2D eigenvalue weighted by atomic mass is 15.1. The lowest BCUT2D eigenvalue weighted by Crippen LogP contribution is -2.10. The molecule has 1 aromatic heterocycles. The van der Waals surface area contributed by atoms with E-state index in [2.05, 4.69) is 216 Å². The maximum absolute atomic E-state index is 2.42. The van der Waals surface area contributed by atoms with Gasteiger partial charge < -0.3 is 9.47 Å². The molecule has 2 heteroatoms. The first-order chi connectivity index (χ1) is 27.3. The third-order valence-electron chi connectivity index (χ3n) is 11.4. The van der Waals surface area contributed by atoms with Gasteiger partial charge in [-0.1, -0.05) is 146 Å². The van der Waals surface area contributed by atoms with Gasteiger partial charge in [-0.3, -0.25) is 0 Å². The van der Waals surface area contributed by atoms with Crippen molar-refractivity contribution in [2.45, 2.75) is 6.42 Å². The molecule has 1 aliphatic rings. The standard InChI is InChI=1S/C53H36N2/c1-2-11-36(12-3-1)37-21-29-44(30-22-37)55-52-19-9-8-18-48(52)50-34-40(26-32-53(50)55)38-23-27-43(28-24-38)54(51-20-10-15-39-13-4-7-17-47(39)51)45-31-25-42-33-41-14-5-6-16-46(41)49(42)35-45/h1-32,34-35H,33H2. The molecule has 0 radical (unpaired) electrons. The Balaban J connectivity index is 1.00. The van der Waals surface area contributed by atoms with Gasteiger partial charge in [0.1, 0.15) is 0 Å². The zero-order valence-electron chi connectivity index (χ0n) is 30.2. The number of hydrogen-bond donors (Lipinski definition) is 0. The van der Waals surface area contributed by atoms with Gasteiger partial charge >= 0.3 is 0 Å². The average Bonchev–Trinajstić information content (AvgIpc) is 3.80. The number of benzene rings is 9. The minimum atomic E-state index is 0.984. The van der Waals surface area contributed by atoms with Gasteiger partial charge in [0.05, 0.1) is 16.7 Å². The molecule has 0 aliphatic heterocycles. The molecular formula is C53H36N2. The molecule has 55 heavy (non-hydrogen) atoms. The van der Waals surface area contributed by atoms with Gasteiger partial charge in [0, 0.05) is 33.2 Å². The van der Waals surface area contributed by atoms with Crippen molar-refractivity contribution in [3.63, 3.8) is 0 Å². The summed E-state index contributed by atoms with van der Waals surface area (Å²) in [6.07, 6.45) is 0.984. The van der Waals surface area contributed by atoms with Gasteiger partial charge in [-0.05, 0) is 117 Å². The molecule has 0 saturated heterocycles. The van der Waals surface area contributed by atoms with Gasteiger partial charge in [-0.25, -0.2) is 0 Å². The number of aromatic nitrogens is 1. The molecule has 0 bridgehead atoms. The normalized spacial score (nSPS) is 11.9. The number of nitrogens with zero attached hydrogens (tertiary/aromatic N) is 2. The van der Waals surface area contributed by atoms with Crippen LogP contribution < -0.4 is 4.90 Å². The van der Waals surface area contributed by atoms with Crippen LogP contribution in [-0.4, -0.2) is 4.57 Å². The summed E-state index contributed by atoms with van der Waals surface area (Å²) in [5, 5.41) is 4.96. The summed E-state index contributed by atoms with van der Waals surface area (Å²) >= 11 is 0. The second kappa shape index (κ2) is 12.8. The topological polar surface area (TPSA) is 8.17 Å². The van der Waals surface area contributed by atoms with Crippen molar-refractivity contribution in [3.05, 3.63) is 217 Å². The van der Waals surface area contributed by atoms with E-state index in [0.717, 1.165) is 23.5 Å². The third-order valence-corrected chi connectivity index (χ3v) is 11.4. The molecule has 0 fully saturated rings. The van der Waals surface area contributed by atoms with Crippen LogP contribution in [0.15, 0.2) is 206 Å². The Bertz CT molecular complexity index is 3040. The quantitative estimate of drug-likeness (QED) is 0.168. The highest BCUT2D eigenvalue weighted by molar-refractivity contribution is 6.10. The van der Waals surface area contributed by atoms with Crippen LogP contribution in [0.25, 0.3) is 71.6 Å². The number of hydrogen-bond acceptors (Lipinski definition) is 1. The molecule has 2 nitrogen and oxygen atoms in total. The molecule has 0 saturated carbocycles. The smallest absolute Gasteiger partial charge is 0.0541 e. The Kier molecular flexibility index (Phi) is 7.28. The number of fused-ring (bicyclic) bond motifs is 7.